The van der Waals surface area contributed by atoms with Crippen molar-refractivity contribution in [2.45, 2.75) is 20.3 Å². The van der Waals surface area contributed by atoms with Crippen molar-refractivity contribution < 1.29 is 19.1 Å². The zero-order chi connectivity index (χ0) is 15.9. The predicted molar refractivity (Wildman–Crippen MR) is 80.9 cm³/mol. The molecular formula is C15H19N3O4. The summed E-state index contributed by atoms with van der Waals surface area (Å²) in [6.45, 7) is 4.40. The molecule has 22 heavy (non-hydrogen) atoms. The minimum absolute atomic E-state index is 0.284. The van der Waals surface area contributed by atoms with Crippen LogP contribution in [0.1, 0.15) is 19.7 Å². The zero-order valence-corrected chi connectivity index (χ0v) is 12.7. The molecule has 0 saturated heterocycles. The van der Waals surface area contributed by atoms with Crippen molar-refractivity contribution in [3.8, 4) is 0 Å². The number of nitrogens with zero attached hydrogens (tertiary/aromatic N) is 2. The number of para-hydroxylation sites is 2. The van der Waals surface area contributed by atoms with E-state index < -0.39 is 12.2 Å². The normalized spacial score (nSPS) is 10.5. The Morgan fingerprint density at radius 2 is 1.91 bits per heavy atom. The van der Waals surface area contributed by atoms with Gasteiger partial charge in [0, 0.05) is 13.0 Å². The van der Waals surface area contributed by atoms with Crippen LogP contribution >= 0.6 is 0 Å². The molecule has 0 saturated carbocycles. The Morgan fingerprint density at radius 3 is 2.64 bits per heavy atom. The van der Waals surface area contributed by atoms with Crippen LogP contribution in [0.5, 0.6) is 0 Å². The summed E-state index contributed by atoms with van der Waals surface area (Å²) >= 11 is 0. The van der Waals surface area contributed by atoms with Gasteiger partial charge in [0.1, 0.15) is 5.82 Å². The van der Waals surface area contributed by atoms with Gasteiger partial charge in [-0.05, 0) is 26.0 Å². The van der Waals surface area contributed by atoms with Crippen molar-refractivity contribution in [3.63, 3.8) is 0 Å². The van der Waals surface area contributed by atoms with E-state index in [1.165, 1.54) is 4.57 Å². The second-order valence-electron chi connectivity index (χ2n) is 4.45. The van der Waals surface area contributed by atoms with Crippen molar-refractivity contribution >= 4 is 23.2 Å². The van der Waals surface area contributed by atoms with Crippen molar-refractivity contribution in [2.75, 3.05) is 19.8 Å². The number of ether oxygens (including phenoxy) is 2. The number of amides is 1. The number of alkyl carbamates (subject to hydrolysis) is 1. The molecule has 0 fully saturated rings. The maximum absolute atomic E-state index is 12.1. The first-order chi connectivity index (χ1) is 10.7. The zero-order valence-electron chi connectivity index (χ0n) is 12.7. The number of hydrogen-bond acceptors (Lipinski definition) is 5. The van der Waals surface area contributed by atoms with Crippen LogP contribution in [-0.2, 0) is 15.9 Å². The summed E-state index contributed by atoms with van der Waals surface area (Å²) in [6, 6.07) is 7.32. The van der Waals surface area contributed by atoms with Crippen molar-refractivity contribution in [2.24, 2.45) is 0 Å². The van der Waals surface area contributed by atoms with Crippen LogP contribution in [0.4, 0.5) is 9.59 Å². The number of carbonyl (C=O) groups is 2. The molecule has 118 valence electrons. The number of hydrogen-bond donors (Lipinski definition) is 1. The Hall–Kier alpha value is -2.57. The van der Waals surface area contributed by atoms with Gasteiger partial charge in [-0.1, -0.05) is 12.1 Å². The smallest absolute Gasteiger partial charge is 0.419 e. The highest BCUT2D eigenvalue weighted by atomic mass is 16.6. The molecule has 0 aliphatic carbocycles. The minimum Gasteiger partial charge on any atom is -0.450 e. The quantitative estimate of drug-likeness (QED) is 0.916. The SMILES string of the molecule is CCOC(=O)NCCc1nc2ccccc2n1C(=O)OCC. The van der Waals surface area contributed by atoms with Crippen molar-refractivity contribution in [1.29, 1.82) is 0 Å². The second kappa shape index (κ2) is 7.44. The third-order valence-corrected chi connectivity index (χ3v) is 2.97. The van der Waals surface area contributed by atoms with Gasteiger partial charge in [0.05, 0.1) is 24.2 Å². The van der Waals surface area contributed by atoms with E-state index in [2.05, 4.69) is 10.3 Å². The van der Waals surface area contributed by atoms with Gasteiger partial charge in [0.15, 0.2) is 0 Å². The molecule has 1 aromatic carbocycles. The largest absolute Gasteiger partial charge is 0.450 e. The van der Waals surface area contributed by atoms with Crippen LogP contribution in [0.2, 0.25) is 0 Å². The van der Waals surface area contributed by atoms with Crippen LogP contribution in [0, 0.1) is 0 Å². The Balaban J connectivity index is 2.19. The second-order valence-corrected chi connectivity index (χ2v) is 4.45. The third-order valence-electron chi connectivity index (χ3n) is 2.97. The van der Waals surface area contributed by atoms with Crippen molar-refractivity contribution in [3.05, 3.63) is 30.1 Å². The maximum atomic E-state index is 12.1. The van der Waals surface area contributed by atoms with Crippen LogP contribution in [-0.4, -0.2) is 41.5 Å². The Morgan fingerprint density at radius 1 is 1.18 bits per heavy atom. The lowest BCUT2D eigenvalue weighted by Gasteiger charge is -2.08. The first-order valence-electron chi connectivity index (χ1n) is 7.21. The van der Waals surface area contributed by atoms with Gasteiger partial charge in [0.25, 0.3) is 0 Å². The lowest BCUT2D eigenvalue weighted by atomic mass is 10.3. The summed E-state index contributed by atoms with van der Waals surface area (Å²) in [4.78, 5) is 27.8. The van der Waals surface area contributed by atoms with Crippen LogP contribution in [0.3, 0.4) is 0 Å². The molecular weight excluding hydrogens is 286 g/mol. The van der Waals surface area contributed by atoms with E-state index in [9.17, 15) is 9.59 Å². The summed E-state index contributed by atoms with van der Waals surface area (Å²) in [5.41, 5.74) is 1.40. The minimum atomic E-state index is -0.485. The fraction of sp³-hybridized carbons (Fsp3) is 0.400. The highest BCUT2D eigenvalue weighted by molar-refractivity contribution is 5.87. The van der Waals surface area contributed by atoms with E-state index in [0.717, 1.165) is 0 Å². The third kappa shape index (κ3) is 3.55. The molecule has 1 N–H and O–H groups in total. The number of rotatable bonds is 5. The Labute approximate surface area is 128 Å². The summed E-state index contributed by atoms with van der Waals surface area (Å²) in [5, 5.41) is 2.61. The fourth-order valence-corrected chi connectivity index (χ4v) is 2.09. The topological polar surface area (TPSA) is 82.5 Å². The average Bonchev–Trinajstić information content (AvgIpc) is 2.86. The first kappa shape index (κ1) is 15.8. The van der Waals surface area contributed by atoms with Gasteiger partial charge in [-0.25, -0.2) is 19.1 Å². The first-order valence-corrected chi connectivity index (χ1v) is 7.21. The standard InChI is InChI=1S/C15H19N3O4/c1-3-21-14(19)16-10-9-13-17-11-7-5-6-8-12(11)18(13)15(20)22-4-2/h5-8H,3-4,9-10H2,1-2H3,(H,16,19). The van der Waals surface area contributed by atoms with E-state index >= 15 is 0 Å². The molecule has 1 heterocycles. The van der Waals surface area contributed by atoms with Gasteiger partial charge in [-0.15, -0.1) is 0 Å². The van der Waals surface area contributed by atoms with Gasteiger partial charge in [-0.2, -0.15) is 0 Å². The number of imidazole rings is 1. The molecule has 0 spiro atoms. The van der Waals surface area contributed by atoms with Crippen LogP contribution in [0.15, 0.2) is 24.3 Å². The number of benzene rings is 1. The highest BCUT2D eigenvalue weighted by Crippen LogP contribution is 2.16. The van der Waals surface area contributed by atoms with Gasteiger partial charge in [-0.3, -0.25) is 0 Å². The monoisotopic (exact) mass is 305 g/mol. The molecule has 2 rings (SSSR count). The predicted octanol–water partition coefficient (Wildman–Crippen LogP) is 2.33. The molecule has 0 aliphatic heterocycles. The lowest BCUT2D eigenvalue weighted by Crippen LogP contribution is -2.28. The van der Waals surface area contributed by atoms with E-state index in [4.69, 9.17) is 9.47 Å². The fourth-order valence-electron chi connectivity index (χ4n) is 2.09. The lowest BCUT2D eigenvalue weighted by molar-refractivity contribution is 0.152. The van der Waals surface area contributed by atoms with Gasteiger partial charge < -0.3 is 14.8 Å². The summed E-state index contributed by atoms with van der Waals surface area (Å²) in [5.74, 6) is 0.538. The molecule has 1 amide bonds. The number of nitrogens with one attached hydrogen (secondary N) is 1. The number of fused-ring (bicyclic) bond motifs is 1. The van der Waals surface area contributed by atoms with Crippen LogP contribution < -0.4 is 5.32 Å². The Bertz CT molecular complexity index is 666. The van der Waals surface area contributed by atoms with Gasteiger partial charge in [0.2, 0.25) is 0 Å². The molecule has 0 aliphatic rings. The average molecular weight is 305 g/mol. The molecule has 1 aromatic heterocycles. The van der Waals surface area contributed by atoms with E-state index in [0.29, 0.717) is 36.4 Å². The number of carbonyl (C=O) groups excluding carboxylic acids is 2. The van der Waals surface area contributed by atoms with Crippen LogP contribution in [0.25, 0.3) is 11.0 Å². The van der Waals surface area contributed by atoms with E-state index in [-0.39, 0.29) is 6.61 Å². The Kier molecular flexibility index (Phi) is 5.35. The highest BCUT2D eigenvalue weighted by Gasteiger charge is 2.17. The molecule has 0 bridgehead atoms. The van der Waals surface area contributed by atoms with E-state index in [1.807, 2.05) is 24.3 Å². The summed E-state index contributed by atoms with van der Waals surface area (Å²) in [7, 11) is 0. The molecule has 0 unspecified atom stereocenters. The summed E-state index contributed by atoms with van der Waals surface area (Å²) in [6.07, 6.45) is -0.560. The number of aromatic nitrogens is 2. The van der Waals surface area contributed by atoms with Crippen molar-refractivity contribution in [1.82, 2.24) is 14.9 Å². The molecule has 2 aromatic rings. The molecule has 7 heteroatoms. The molecule has 0 atom stereocenters. The molecule has 0 radical (unpaired) electrons. The summed E-state index contributed by atoms with van der Waals surface area (Å²) < 4.78 is 11.3. The van der Waals surface area contributed by atoms with Gasteiger partial charge >= 0.3 is 12.2 Å². The maximum Gasteiger partial charge on any atom is 0.419 e. The molecule has 7 nitrogen and oxygen atoms in total. The van der Waals surface area contributed by atoms with E-state index in [1.54, 1.807) is 13.8 Å².